The smallest absolute Gasteiger partial charge is 0.224 e. The van der Waals surface area contributed by atoms with Crippen LogP contribution in [0, 0.1) is 0 Å². The van der Waals surface area contributed by atoms with Gasteiger partial charge in [-0.1, -0.05) is 32.0 Å². The number of aromatic hydroxyl groups is 1. The van der Waals surface area contributed by atoms with Gasteiger partial charge in [0.1, 0.15) is 5.75 Å². The van der Waals surface area contributed by atoms with Crippen molar-refractivity contribution >= 4 is 5.91 Å². The minimum atomic E-state index is -0.0722. The zero-order chi connectivity index (χ0) is 12.7. The Bertz CT molecular complexity index is 364. The number of hydrogen-bond acceptors (Lipinski definition) is 3. The largest absolute Gasteiger partial charge is 0.508 e. The van der Waals surface area contributed by atoms with E-state index in [9.17, 15) is 9.90 Å². The number of benzene rings is 1. The van der Waals surface area contributed by atoms with Crippen molar-refractivity contribution < 1.29 is 9.90 Å². The Balaban J connectivity index is 2.28. The Hall–Kier alpha value is -1.55. The van der Waals surface area contributed by atoms with Crippen LogP contribution in [-0.4, -0.2) is 30.1 Å². The van der Waals surface area contributed by atoms with Gasteiger partial charge in [-0.3, -0.25) is 4.79 Å². The molecular weight excluding hydrogens is 216 g/mol. The zero-order valence-corrected chi connectivity index (χ0v) is 10.4. The lowest BCUT2D eigenvalue weighted by atomic mass is 10.1. The van der Waals surface area contributed by atoms with Crippen molar-refractivity contribution in [1.29, 1.82) is 0 Å². The fraction of sp³-hybridized carbons (Fsp3) is 0.462. The quantitative estimate of drug-likeness (QED) is 0.647. The first-order valence-corrected chi connectivity index (χ1v) is 5.86. The van der Waals surface area contributed by atoms with Crippen LogP contribution in [0.2, 0.25) is 0 Å². The number of carbonyl (C=O) groups excluding carboxylic acids is 1. The molecule has 0 aliphatic heterocycles. The monoisotopic (exact) mass is 236 g/mol. The molecule has 0 saturated heterocycles. The number of phenolic OH excluding ortho intramolecular Hbond substituents is 1. The molecule has 0 spiro atoms. The highest BCUT2D eigenvalue weighted by Crippen LogP contribution is 2.15. The van der Waals surface area contributed by atoms with Gasteiger partial charge in [0.05, 0.1) is 6.42 Å². The third-order valence-electron chi connectivity index (χ3n) is 2.34. The van der Waals surface area contributed by atoms with E-state index in [1.807, 2.05) is 6.07 Å². The van der Waals surface area contributed by atoms with Crippen LogP contribution in [-0.2, 0) is 11.2 Å². The number of para-hydroxylation sites is 1. The Morgan fingerprint density at radius 2 is 2.00 bits per heavy atom. The Labute approximate surface area is 102 Å². The molecule has 0 atom stereocenters. The molecule has 0 radical (unpaired) electrons. The van der Waals surface area contributed by atoms with Crippen LogP contribution in [0.3, 0.4) is 0 Å². The summed E-state index contributed by atoms with van der Waals surface area (Å²) >= 11 is 0. The summed E-state index contributed by atoms with van der Waals surface area (Å²) in [5.41, 5.74) is 0.654. The lowest BCUT2D eigenvalue weighted by molar-refractivity contribution is -0.120. The van der Waals surface area contributed by atoms with Gasteiger partial charge in [-0.25, -0.2) is 0 Å². The van der Waals surface area contributed by atoms with Crippen LogP contribution in [0.1, 0.15) is 19.4 Å². The molecule has 17 heavy (non-hydrogen) atoms. The van der Waals surface area contributed by atoms with Gasteiger partial charge in [-0.05, 0) is 6.07 Å². The van der Waals surface area contributed by atoms with Crippen molar-refractivity contribution in [3.63, 3.8) is 0 Å². The summed E-state index contributed by atoms with van der Waals surface area (Å²) in [5, 5.41) is 15.5. The summed E-state index contributed by atoms with van der Waals surface area (Å²) in [5.74, 6) is 0.0972. The number of carbonyl (C=O) groups is 1. The normalized spacial score (nSPS) is 10.5. The highest BCUT2D eigenvalue weighted by atomic mass is 16.3. The molecule has 1 aromatic rings. The van der Waals surface area contributed by atoms with E-state index >= 15 is 0 Å². The van der Waals surface area contributed by atoms with Crippen LogP contribution in [0.4, 0.5) is 0 Å². The van der Waals surface area contributed by atoms with Crippen molar-refractivity contribution in [2.24, 2.45) is 0 Å². The lowest BCUT2D eigenvalue weighted by Crippen LogP contribution is -2.35. The molecule has 1 amide bonds. The predicted octanol–water partition coefficient (Wildman–Crippen LogP) is 1.05. The molecule has 0 unspecified atom stereocenters. The molecule has 1 rings (SSSR count). The second-order valence-electron chi connectivity index (χ2n) is 4.26. The fourth-order valence-electron chi connectivity index (χ4n) is 1.46. The van der Waals surface area contributed by atoms with Gasteiger partial charge in [0, 0.05) is 24.7 Å². The van der Waals surface area contributed by atoms with Gasteiger partial charge in [0.15, 0.2) is 0 Å². The van der Waals surface area contributed by atoms with Crippen molar-refractivity contribution in [3.8, 4) is 5.75 Å². The zero-order valence-electron chi connectivity index (χ0n) is 10.4. The standard InChI is InChI=1S/C13H20N2O2/c1-10(2)14-7-8-15-13(17)9-11-5-3-4-6-12(11)16/h3-6,10,14,16H,7-9H2,1-2H3,(H,15,17). The summed E-state index contributed by atoms with van der Waals surface area (Å²) in [7, 11) is 0. The maximum atomic E-state index is 11.6. The van der Waals surface area contributed by atoms with Gasteiger partial charge in [-0.15, -0.1) is 0 Å². The number of nitrogens with one attached hydrogen (secondary N) is 2. The van der Waals surface area contributed by atoms with E-state index in [2.05, 4.69) is 24.5 Å². The van der Waals surface area contributed by atoms with Gasteiger partial charge < -0.3 is 15.7 Å². The lowest BCUT2D eigenvalue weighted by Gasteiger charge is -2.09. The molecule has 3 N–H and O–H groups in total. The van der Waals surface area contributed by atoms with Gasteiger partial charge in [-0.2, -0.15) is 0 Å². The molecule has 4 nitrogen and oxygen atoms in total. The van der Waals surface area contributed by atoms with Gasteiger partial charge in [0.25, 0.3) is 0 Å². The number of rotatable bonds is 6. The van der Waals surface area contributed by atoms with E-state index in [1.165, 1.54) is 0 Å². The van der Waals surface area contributed by atoms with E-state index in [1.54, 1.807) is 18.2 Å². The van der Waals surface area contributed by atoms with Crippen molar-refractivity contribution in [1.82, 2.24) is 10.6 Å². The van der Waals surface area contributed by atoms with Crippen LogP contribution < -0.4 is 10.6 Å². The fourth-order valence-corrected chi connectivity index (χ4v) is 1.46. The molecule has 0 aliphatic rings. The molecule has 0 fully saturated rings. The second kappa shape index (κ2) is 6.91. The minimum Gasteiger partial charge on any atom is -0.508 e. The van der Waals surface area contributed by atoms with Crippen LogP contribution >= 0.6 is 0 Å². The van der Waals surface area contributed by atoms with Crippen LogP contribution in [0.15, 0.2) is 24.3 Å². The van der Waals surface area contributed by atoms with E-state index < -0.39 is 0 Å². The first-order chi connectivity index (χ1) is 8.09. The van der Waals surface area contributed by atoms with Gasteiger partial charge in [0.2, 0.25) is 5.91 Å². The third kappa shape index (κ3) is 5.36. The second-order valence-corrected chi connectivity index (χ2v) is 4.26. The summed E-state index contributed by atoms with van der Waals surface area (Å²) in [6.07, 6.45) is 0.217. The average molecular weight is 236 g/mol. The summed E-state index contributed by atoms with van der Waals surface area (Å²) in [6, 6.07) is 7.31. The summed E-state index contributed by atoms with van der Waals surface area (Å²) < 4.78 is 0. The Kier molecular flexibility index (Phi) is 5.49. The van der Waals surface area contributed by atoms with Gasteiger partial charge >= 0.3 is 0 Å². The Morgan fingerprint density at radius 1 is 1.29 bits per heavy atom. The molecule has 0 saturated carbocycles. The van der Waals surface area contributed by atoms with Crippen molar-refractivity contribution in [3.05, 3.63) is 29.8 Å². The van der Waals surface area contributed by atoms with Crippen molar-refractivity contribution in [2.45, 2.75) is 26.3 Å². The number of phenols is 1. The molecule has 0 heterocycles. The molecular formula is C13H20N2O2. The highest BCUT2D eigenvalue weighted by Gasteiger charge is 2.06. The number of amides is 1. The van der Waals surface area contributed by atoms with Crippen LogP contribution in [0.5, 0.6) is 5.75 Å². The van der Waals surface area contributed by atoms with E-state index in [4.69, 9.17) is 0 Å². The minimum absolute atomic E-state index is 0.0722. The van der Waals surface area contributed by atoms with E-state index in [0.717, 1.165) is 6.54 Å². The van der Waals surface area contributed by atoms with E-state index in [0.29, 0.717) is 18.2 Å². The average Bonchev–Trinajstić information content (AvgIpc) is 2.27. The molecule has 0 bridgehead atoms. The maximum absolute atomic E-state index is 11.6. The Morgan fingerprint density at radius 3 is 2.65 bits per heavy atom. The highest BCUT2D eigenvalue weighted by molar-refractivity contribution is 5.79. The number of hydrogen-bond donors (Lipinski definition) is 3. The molecule has 94 valence electrons. The topological polar surface area (TPSA) is 61.4 Å². The maximum Gasteiger partial charge on any atom is 0.224 e. The summed E-state index contributed by atoms with van der Waals surface area (Å²) in [4.78, 5) is 11.6. The van der Waals surface area contributed by atoms with Crippen molar-refractivity contribution in [2.75, 3.05) is 13.1 Å². The van der Waals surface area contributed by atoms with E-state index in [-0.39, 0.29) is 18.1 Å². The predicted molar refractivity (Wildman–Crippen MR) is 68.0 cm³/mol. The molecule has 0 aliphatic carbocycles. The summed E-state index contributed by atoms with van der Waals surface area (Å²) in [6.45, 7) is 5.47. The molecule has 1 aromatic carbocycles. The SMILES string of the molecule is CC(C)NCCNC(=O)Cc1ccccc1O. The van der Waals surface area contributed by atoms with Crippen LogP contribution in [0.25, 0.3) is 0 Å². The first kappa shape index (κ1) is 13.5. The molecule has 4 heteroatoms. The third-order valence-corrected chi connectivity index (χ3v) is 2.34. The molecule has 0 aromatic heterocycles. The first-order valence-electron chi connectivity index (χ1n) is 5.86.